The standard InChI is InChI=1S/C20H19N3O7S/c21-18(29)14-11(25)5-7-3-6-4-8-9(23-19(22)31)1-2-10(24)13(8)15(26)12(6)16(27)20(7,30)17(14)28/h1-2,6-7,24-25,27,30H,3-5H2,(H2,21,29)(H3,22,23,31)/t6?,7?,20-/m0/s1. The first-order valence-electron chi connectivity index (χ1n) is 9.37. The number of nitrogens with two attached hydrogens (primary N) is 2. The third-order valence-electron chi connectivity index (χ3n) is 6.20. The number of phenolic OH excluding ortho intramolecular Hbond substituents is 1. The molecular weight excluding hydrogens is 426 g/mol. The number of hydrogen-bond donors (Lipinski definition) is 7. The Hall–Kier alpha value is -3.44. The number of thiocarbonyl (C=S) groups is 1. The highest BCUT2D eigenvalue weighted by Gasteiger charge is 2.59. The van der Waals surface area contributed by atoms with Crippen LogP contribution in [0.1, 0.15) is 28.8 Å². The van der Waals surface area contributed by atoms with Crippen LogP contribution in [0.3, 0.4) is 0 Å². The number of Topliss-reactive ketones (excluding diaryl/α,β-unsaturated/α-hetero) is 2. The molecule has 1 amide bonds. The summed E-state index contributed by atoms with van der Waals surface area (Å²) in [6.45, 7) is 0. The summed E-state index contributed by atoms with van der Waals surface area (Å²) in [5.74, 6) is -6.72. The lowest BCUT2D eigenvalue weighted by molar-refractivity contribution is -0.144. The fourth-order valence-corrected chi connectivity index (χ4v) is 4.98. The molecule has 11 heteroatoms. The number of phenols is 1. The second-order valence-electron chi connectivity index (χ2n) is 7.89. The Labute approximate surface area is 180 Å². The van der Waals surface area contributed by atoms with E-state index in [1.165, 1.54) is 12.1 Å². The predicted octanol–water partition coefficient (Wildman–Crippen LogP) is 0.236. The molecule has 9 N–H and O–H groups in total. The van der Waals surface area contributed by atoms with Crippen molar-refractivity contribution in [3.63, 3.8) is 0 Å². The molecule has 4 rings (SSSR count). The number of allylic oxidation sites excluding steroid dienone is 2. The number of benzene rings is 1. The van der Waals surface area contributed by atoms with Gasteiger partial charge in [0.25, 0.3) is 5.91 Å². The summed E-state index contributed by atoms with van der Waals surface area (Å²) in [7, 11) is 0. The maximum Gasteiger partial charge on any atom is 0.255 e. The molecule has 3 atom stereocenters. The van der Waals surface area contributed by atoms with Crippen molar-refractivity contribution in [2.45, 2.75) is 24.9 Å². The third kappa shape index (κ3) is 2.81. The number of primary amides is 1. The fourth-order valence-electron chi connectivity index (χ4n) is 4.87. The van der Waals surface area contributed by atoms with Crippen molar-refractivity contribution in [1.82, 2.24) is 0 Å². The normalized spacial score (nSPS) is 27.4. The second-order valence-corrected chi connectivity index (χ2v) is 8.33. The number of fused-ring (bicyclic) bond motifs is 3. The smallest absolute Gasteiger partial charge is 0.255 e. The van der Waals surface area contributed by atoms with Crippen LogP contribution in [0, 0.1) is 11.8 Å². The van der Waals surface area contributed by atoms with Gasteiger partial charge in [0, 0.05) is 23.6 Å². The number of nitrogens with one attached hydrogen (secondary N) is 1. The third-order valence-corrected chi connectivity index (χ3v) is 6.31. The number of hydrogen-bond acceptors (Lipinski definition) is 8. The monoisotopic (exact) mass is 445 g/mol. The van der Waals surface area contributed by atoms with Crippen LogP contribution in [-0.4, -0.2) is 48.6 Å². The molecule has 3 aliphatic carbocycles. The number of carbonyl (C=O) groups excluding carboxylic acids is 3. The number of carbonyl (C=O) groups is 3. The van der Waals surface area contributed by atoms with Gasteiger partial charge in [0.15, 0.2) is 16.5 Å². The molecule has 1 aromatic carbocycles. The van der Waals surface area contributed by atoms with Crippen LogP contribution >= 0.6 is 12.2 Å². The molecule has 10 nitrogen and oxygen atoms in total. The minimum Gasteiger partial charge on any atom is -0.511 e. The Morgan fingerprint density at radius 2 is 1.84 bits per heavy atom. The number of amides is 1. The van der Waals surface area contributed by atoms with Crippen molar-refractivity contribution >= 4 is 40.5 Å². The summed E-state index contributed by atoms with van der Waals surface area (Å²) in [4.78, 5) is 37.8. The number of aliphatic hydroxyl groups is 3. The molecule has 0 bridgehead atoms. The van der Waals surface area contributed by atoms with E-state index in [1.807, 2.05) is 0 Å². The van der Waals surface area contributed by atoms with Gasteiger partial charge in [0.1, 0.15) is 22.8 Å². The lowest BCUT2D eigenvalue weighted by atomic mass is 9.60. The first-order valence-corrected chi connectivity index (χ1v) is 9.77. The Bertz CT molecular complexity index is 1160. The summed E-state index contributed by atoms with van der Waals surface area (Å²) in [6, 6.07) is 2.76. The minimum absolute atomic E-state index is 0.0467. The largest absolute Gasteiger partial charge is 0.511 e. The number of aliphatic hydroxyl groups excluding tert-OH is 2. The van der Waals surface area contributed by atoms with Crippen molar-refractivity contribution in [1.29, 1.82) is 0 Å². The van der Waals surface area contributed by atoms with Gasteiger partial charge in [-0.05, 0) is 48.7 Å². The van der Waals surface area contributed by atoms with Crippen LogP contribution in [-0.2, 0) is 16.0 Å². The Balaban J connectivity index is 1.90. The summed E-state index contributed by atoms with van der Waals surface area (Å²) in [5.41, 5.74) is 7.80. The quantitative estimate of drug-likeness (QED) is 0.188. The van der Waals surface area contributed by atoms with Gasteiger partial charge in [0.05, 0.1) is 5.56 Å². The molecule has 0 aromatic heterocycles. The highest BCUT2D eigenvalue weighted by molar-refractivity contribution is 7.80. The van der Waals surface area contributed by atoms with Crippen LogP contribution in [0.5, 0.6) is 5.75 Å². The van der Waals surface area contributed by atoms with E-state index in [9.17, 15) is 34.8 Å². The van der Waals surface area contributed by atoms with E-state index in [0.717, 1.165) is 0 Å². The van der Waals surface area contributed by atoms with Crippen molar-refractivity contribution < 1.29 is 34.8 Å². The van der Waals surface area contributed by atoms with Crippen LogP contribution in [0.25, 0.3) is 0 Å². The van der Waals surface area contributed by atoms with E-state index >= 15 is 0 Å². The molecule has 31 heavy (non-hydrogen) atoms. The van der Waals surface area contributed by atoms with Gasteiger partial charge < -0.3 is 37.2 Å². The number of ketones is 2. The van der Waals surface area contributed by atoms with Gasteiger partial charge in [-0.2, -0.15) is 0 Å². The Morgan fingerprint density at radius 1 is 1.16 bits per heavy atom. The van der Waals surface area contributed by atoms with Crippen molar-refractivity contribution in [3.8, 4) is 5.75 Å². The molecule has 0 spiro atoms. The molecule has 0 fully saturated rings. The Morgan fingerprint density at radius 3 is 2.45 bits per heavy atom. The van der Waals surface area contributed by atoms with Gasteiger partial charge in [-0.3, -0.25) is 14.4 Å². The zero-order valence-electron chi connectivity index (χ0n) is 16.0. The highest BCUT2D eigenvalue weighted by Crippen LogP contribution is 2.52. The summed E-state index contributed by atoms with van der Waals surface area (Å²) < 4.78 is 0. The average Bonchev–Trinajstić information content (AvgIpc) is 2.66. The number of anilines is 1. The minimum atomic E-state index is -2.58. The first kappa shape index (κ1) is 20.8. The maximum atomic E-state index is 13.3. The molecule has 3 aliphatic rings. The first-order chi connectivity index (χ1) is 14.5. The van der Waals surface area contributed by atoms with Gasteiger partial charge in [-0.25, -0.2) is 0 Å². The number of aromatic hydroxyl groups is 1. The van der Waals surface area contributed by atoms with Crippen molar-refractivity contribution in [2.75, 3.05) is 5.32 Å². The summed E-state index contributed by atoms with van der Waals surface area (Å²) in [6.07, 6.45) is -0.0771. The van der Waals surface area contributed by atoms with E-state index in [4.69, 9.17) is 23.7 Å². The molecule has 2 unspecified atom stereocenters. The SMILES string of the molecule is NC(=O)C1=C(O)CC2CC3Cc4c(NC(N)=S)ccc(O)c4C(=O)C3=C(O)[C@]2(O)C1=O. The molecule has 0 radical (unpaired) electrons. The molecule has 162 valence electrons. The second kappa shape index (κ2) is 6.79. The molecule has 0 heterocycles. The van der Waals surface area contributed by atoms with Crippen LogP contribution < -0.4 is 16.8 Å². The lowest BCUT2D eigenvalue weighted by Gasteiger charge is -2.45. The van der Waals surface area contributed by atoms with E-state index in [2.05, 4.69) is 5.32 Å². The average molecular weight is 445 g/mol. The number of rotatable bonds is 2. The topological polar surface area (TPSA) is 196 Å². The van der Waals surface area contributed by atoms with Crippen molar-refractivity contribution in [3.05, 3.63) is 45.9 Å². The van der Waals surface area contributed by atoms with Gasteiger partial charge in [-0.15, -0.1) is 0 Å². The van der Waals surface area contributed by atoms with Gasteiger partial charge in [0.2, 0.25) is 5.78 Å². The zero-order valence-corrected chi connectivity index (χ0v) is 16.8. The molecular formula is C20H19N3O7S. The van der Waals surface area contributed by atoms with Crippen LogP contribution in [0.4, 0.5) is 5.69 Å². The molecule has 1 aromatic rings. The molecule has 0 saturated carbocycles. The van der Waals surface area contributed by atoms with E-state index in [1.54, 1.807) is 0 Å². The maximum absolute atomic E-state index is 13.3. The lowest BCUT2D eigenvalue weighted by Crippen LogP contribution is -2.57. The van der Waals surface area contributed by atoms with Crippen LogP contribution in [0.2, 0.25) is 0 Å². The van der Waals surface area contributed by atoms with E-state index in [0.29, 0.717) is 11.3 Å². The van der Waals surface area contributed by atoms with Gasteiger partial charge in [-0.1, -0.05) is 0 Å². The Kier molecular flexibility index (Phi) is 4.56. The fraction of sp³-hybridized carbons (Fsp3) is 0.300. The zero-order chi connectivity index (χ0) is 22.8. The van der Waals surface area contributed by atoms with Gasteiger partial charge >= 0.3 is 0 Å². The highest BCUT2D eigenvalue weighted by atomic mass is 32.1. The van der Waals surface area contributed by atoms with E-state index < -0.39 is 52.0 Å². The predicted molar refractivity (Wildman–Crippen MR) is 111 cm³/mol. The molecule has 0 aliphatic heterocycles. The summed E-state index contributed by atoms with van der Waals surface area (Å²) in [5, 5.41) is 45.2. The van der Waals surface area contributed by atoms with Crippen molar-refractivity contribution in [2.24, 2.45) is 23.3 Å². The van der Waals surface area contributed by atoms with E-state index in [-0.39, 0.29) is 41.3 Å². The molecule has 0 saturated heterocycles. The van der Waals surface area contributed by atoms with Crippen LogP contribution in [0.15, 0.2) is 34.8 Å². The summed E-state index contributed by atoms with van der Waals surface area (Å²) >= 11 is 4.86.